The van der Waals surface area contributed by atoms with Crippen LogP contribution >= 0.6 is 8.53 Å². The summed E-state index contributed by atoms with van der Waals surface area (Å²) >= 11 is 0. The predicted molar refractivity (Wildman–Crippen MR) is 154 cm³/mol. The van der Waals surface area contributed by atoms with Crippen LogP contribution in [0.1, 0.15) is 61.1 Å². The first-order valence-corrected chi connectivity index (χ1v) is 14.5. The Kier molecular flexibility index (Phi) is 16.0. The second-order valence-electron chi connectivity index (χ2n) is 9.23. The van der Waals surface area contributed by atoms with E-state index in [1.807, 2.05) is 39.0 Å². The van der Waals surface area contributed by atoms with Crippen LogP contribution in [0.4, 0.5) is 5.82 Å². The molecule has 3 rings (SSSR count). The standard InChI is InChI=1S/C21H29N4O6P.C4H8O2.C2H6/c1-14(2)29-19(26)12-23-32(31-16-7-5-4-6-8-16)28-13-17-11-15(3)20(30-17)25-10-9-18(22)24-21(25)27;1-3(2)4(5)6;1-2/h4-10,14-15,17,20,23H,11-13H2,1-3H3,(H2,22,24,27);3H,1-2H3,(H,5,6);1-2H3. The number of carboxylic acid groups (broad SMARTS) is 1. The zero-order valence-corrected chi connectivity index (χ0v) is 25.2. The van der Waals surface area contributed by atoms with Gasteiger partial charge in [-0.3, -0.25) is 14.2 Å². The van der Waals surface area contributed by atoms with E-state index >= 15 is 0 Å². The van der Waals surface area contributed by atoms with Gasteiger partial charge in [0, 0.05) is 12.1 Å². The Morgan fingerprint density at radius 3 is 2.38 bits per heavy atom. The Labute approximate surface area is 237 Å². The lowest BCUT2D eigenvalue weighted by atomic mass is 10.1. The van der Waals surface area contributed by atoms with E-state index in [0.717, 1.165) is 0 Å². The minimum absolute atomic E-state index is 0.0478. The Hall–Kier alpha value is -3.05. The lowest BCUT2D eigenvalue weighted by Crippen LogP contribution is -2.30. The van der Waals surface area contributed by atoms with Crippen molar-refractivity contribution < 1.29 is 33.2 Å². The number of rotatable bonds is 11. The highest BCUT2D eigenvalue weighted by Gasteiger charge is 2.35. The number of aromatic nitrogens is 2. The maximum absolute atomic E-state index is 12.2. The predicted octanol–water partition coefficient (Wildman–Crippen LogP) is 4.37. The highest BCUT2D eigenvalue weighted by Crippen LogP contribution is 2.38. The second-order valence-corrected chi connectivity index (χ2v) is 10.5. The van der Waals surface area contributed by atoms with Crippen molar-refractivity contribution in [1.29, 1.82) is 0 Å². The molecule has 4 unspecified atom stereocenters. The second kappa shape index (κ2) is 18.3. The van der Waals surface area contributed by atoms with Gasteiger partial charge < -0.3 is 29.4 Å². The van der Waals surface area contributed by atoms with Crippen molar-refractivity contribution in [2.45, 2.75) is 73.3 Å². The molecule has 0 spiro atoms. The Balaban J connectivity index is 0.000000885. The topological polar surface area (TPSA) is 164 Å². The first-order chi connectivity index (χ1) is 19.0. The molecule has 13 heteroatoms. The normalized spacial score (nSPS) is 18.7. The summed E-state index contributed by atoms with van der Waals surface area (Å²) in [5.74, 6) is -0.514. The molecule has 4 N–H and O–H groups in total. The van der Waals surface area contributed by atoms with Gasteiger partial charge >= 0.3 is 26.2 Å². The number of carboxylic acids is 1. The van der Waals surface area contributed by atoms with E-state index in [4.69, 9.17) is 29.4 Å². The minimum Gasteiger partial charge on any atom is -0.481 e. The third-order valence-corrected chi connectivity index (χ3v) is 6.28. The zero-order chi connectivity index (χ0) is 30.2. The number of carbonyl (C=O) groups is 2. The molecule has 0 amide bonds. The fraction of sp³-hybridized carbons (Fsp3) is 0.556. The number of carbonyl (C=O) groups excluding carboxylic acids is 1. The number of nitrogens with one attached hydrogen (secondary N) is 1. The monoisotopic (exact) mass is 582 g/mol. The molecule has 4 atom stereocenters. The lowest BCUT2D eigenvalue weighted by molar-refractivity contribution is -0.146. The molecule has 0 radical (unpaired) electrons. The van der Waals surface area contributed by atoms with Crippen molar-refractivity contribution in [2.75, 3.05) is 18.9 Å². The van der Waals surface area contributed by atoms with Crippen LogP contribution in [0, 0.1) is 11.8 Å². The molecule has 0 aliphatic carbocycles. The van der Waals surface area contributed by atoms with Crippen molar-refractivity contribution in [3.8, 4) is 5.75 Å². The van der Waals surface area contributed by atoms with Gasteiger partial charge in [-0.15, -0.1) is 0 Å². The molecule has 2 heterocycles. The van der Waals surface area contributed by atoms with Gasteiger partial charge in [-0.2, -0.15) is 4.98 Å². The van der Waals surface area contributed by atoms with Gasteiger partial charge in [-0.05, 0) is 38.5 Å². The Morgan fingerprint density at radius 1 is 1.20 bits per heavy atom. The van der Waals surface area contributed by atoms with E-state index in [0.29, 0.717) is 12.2 Å². The first-order valence-electron chi connectivity index (χ1n) is 13.3. The van der Waals surface area contributed by atoms with Crippen LogP contribution in [0.25, 0.3) is 0 Å². The van der Waals surface area contributed by atoms with Crippen molar-refractivity contribution in [2.24, 2.45) is 11.8 Å². The average molecular weight is 583 g/mol. The number of nitrogens with zero attached hydrogens (tertiary/aromatic N) is 2. The third kappa shape index (κ3) is 12.9. The molecule has 0 bridgehead atoms. The maximum atomic E-state index is 12.2. The maximum Gasteiger partial charge on any atom is 0.351 e. The highest BCUT2D eigenvalue weighted by atomic mass is 31.2. The Morgan fingerprint density at radius 2 is 1.82 bits per heavy atom. The van der Waals surface area contributed by atoms with Crippen molar-refractivity contribution in [3.05, 3.63) is 53.1 Å². The minimum atomic E-state index is -1.63. The molecule has 1 aliphatic rings. The molecule has 1 aromatic carbocycles. The molecule has 1 saturated heterocycles. The summed E-state index contributed by atoms with van der Waals surface area (Å²) in [6.07, 6.45) is 1.35. The summed E-state index contributed by atoms with van der Waals surface area (Å²) in [5, 5.41) is 11.0. The number of esters is 1. The van der Waals surface area contributed by atoms with E-state index in [-0.39, 0.29) is 43.0 Å². The fourth-order valence-corrected chi connectivity index (χ4v) is 4.33. The summed E-state index contributed by atoms with van der Waals surface area (Å²) in [6.45, 7) is 13.0. The molecule has 224 valence electrons. The van der Waals surface area contributed by atoms with Crippen molar-refractivity contribution >= 4 is 26.3 Å². The van der Waals surface area contributed by atoms with Crippen LogP contribution in [0.5, 0.6) is 5.75 Å². The molecule has 40 heavy (non-hydrogen) atoms. The van der Waals surface area contributed by atoms with Gasteiger partial charge in [0.1, 0.15) is 24.3 Å². The van der Waals surface area contributed by atoms with Crippen LogP contribution in [0.2, 0.25) is 0 Å². The highest BCUT2D eigenvalue weighted by molar-refractivity contribution is 7.45. The third-order valence-electron chi connectivity index (χ3n) is 5.10. The van der Waals surface area contributed by atoms with Gasteiger partial charge in [-0.25, -0.2) is 9.88 Å². The lowest BCUT2D eigenvalue weighted by Gasteiger charge is -2.21. The number of hydrogen-bond donors (Lipinski definition) is 3. The summed E-state index contributed by atoms with van der Waals surface area (Å²) < 4.78 is 24.5. The zero-order valence-electron chi connectivity index (χ0n) is 24.3. The molecule has 12 nitrogen and oxygen atoms in total. The van der Waals surface area contributed by atoms with Crippen molar-refractivity contribution in [1.82, 2.24) is 14.6 Å². The molecule has 1 fully saturated rings. The van der Waals surface area contributed by atoms with E-state index in [1.165, 1.54) is 4.57 Å². The number of benzene rings is 1. The molecule has 0 saturated carbocycles. The van der Waals surface area contributed by atoms with E-state index in [2.05, 4.69) is 10.1 Å². The van der Waals surface area contributed by atoms with Gasteiger partial charge in [0.05, 0.1) is 24.7 Å². The summed E-state index contributed by atoms with van der Waals surface area (Å²) in [5.41, 5.74) is 5.12. The number of nitrogen functional groups attached to an aromatic ring is 1. The van der Waals surface area contributed by atoms with E-state index in [9.17, 15) is 14.4 Å². The van der Waals surface area contributed by atoms with Crippen LogP contribution in [-0.4, -0.2) is 52.0 Å². The SMILES string of the molecule is CC.CC(C)C(=O)O.CC(C)OC(=O)CNP(OCC1CC(C)C(n2ccc(N)nc2=O)O1)Oc1ccccc1. The first kappa shape index (κ1) is 35.0. The largest absolute Gasteiger partial charge is 0.481 e. The van der Waals surface area contributed by atoms with Gasteiger partial charge in [0.2, 0.25) is 0 Å². The fourth-order valence-electron chi connectivity index (χ4n) is 3.25. The van der Waals surface area contributed by atoms with Gasteiger partial charge in [0.25, 0.3) is 0 Å². The molecule has 1 aliphatic heterocycles. The van der Waals surface area contributed by atoms with E-state index < -0.39 is 32.4 Å². The average Bonchev–Trinajstić information content (AvgIpc) is 3.27. The van der Waals surface area contributed by atoms with Crippen LogP contribution in [-0.2, 0) is 23.6 Å². The summed E-state index contributed by atoms with van der Waals surface area (Å²) in [6, 6.07) is 10.7. The van der Waals surface area contributed by atoms with Crippen molar-refractivity contribution in [3.63, 3.8) is 0 Å². The van der Waals surface area contributed by atoms with Gasteiger partial charge in [0.15, 0.2) is 0 Å². The Bertz CT molecular complexity index is 1080. The number of hydrogen-bond acceptors (Lipinski definition) is 10. The van der Waals surface area contributed by atoms with Crippen LogP contribution in [0.3, 0.4) is 0 Å². The summed E-state index contributed by atoms with van der Waals surface area (Å²) in [4.78, 5) is 37.5. The molecular weight excluding hydrogens is 539 g/mol. The van der Waals surface area contributed by atoms with Gasteiger partial charge in [-0.1, -0.05) is 52.8 Å². The number of nitrogens with two attached hydrogens (primary N) is 1. The molecular formula is C27H43N4O8P. The van der Waals surface area contributed by atoms with Crippen LogP contribution < -0.4 is 21.0 Å². The number of aliphatic carboxylic acids is 1. The van der Waals surface area contributed by atoms with Crippen LogP contribution in [0.15, 0.2) is 47.4 Å². The smallest absolute Gasteiger partial charge is 0.351 e. The molecule has 2 aromatic rings. The number of para-hydroxylation sites is 1. The molecule has 1 aromatic heterocycles. The number of anilines is 1. The quantitative estimate of drug-likeness (QED) is 0.255. The number of ether oxygens (including phenoxy) is 2. The van der Waals surface area contributed by atoms with E-state index in [1.54, 1.807) is 52.1 Å². The summed E-state index contributed by atoms with van der Waals surface area (Å²) in [7, 11) is -1.63.